The quantitative estimate of drug-likeness (QED) is 0.472. The van der Waals surface area contributed by atoms with E-state index in [-0.39, 0.29) is 30.6 Å². The van der Waals surface area contributed by atoms with Gasteiger partial charge in [-0.05, 0) is 42.5 Å². The van der Waals surface area contributed by atoms with Crippen LogP contribution in [-0.4, -0.2) is 27.2 Å². The van der Waals surface area contributed by atoms with E-state index in [2.05, 4.69) is 10.4 Å². The molecule has 0 radical (unpaired) electrons. The topological polar surface area (TPSA) is 112 Å². The second-order valence-electron chi connectivity index (χ2n) is 6.20. The molecule has 9 heteroatoms. The molecule has 1 amide bonds. The Hall–Kier alpha value is -3.62. The van der Waals surface area contributed by atoms with Crippen LogP contribution in [0.1, 0.15) is 27.6 Å². The van der Waals surface area contributed by atoms with Gasteiger partial charge in [-0.1, -0.05) is 18.2 Å². The summed E-state index contributed by atoms with van der Waals surface area (Å²) in [5.41, 5.74) is 1.66. The number of hydrogen-bond donors (Lipinski definition) is 1. The van der Waals surface area contributed by atoms with Crippen molar-refractivity contribution < 1.29 is 18.9 Å². The Labute approximate surface area is 161 Å². The predicted molar refractivity (Wildman–Crippen MR) is 100 cm³/mol. The van der Waals surface area contributed by atoms with E-state index in [1.54, 1.807) is 19.1 Å². The molecule has 0 unspecified atom stereocenters. The highest BCUT2D eigenvalue weighted by Gasteiger charge is 2.16. The number of hydrogen-bond acceptors (Lipinski definition) is 6. The van der Waals surface area contributed by atoms with Crippen LogP contribution in [0.5, 0.6) is 5.75 Å². The number of benzene rings is 1. The van der Waals surface area contributed by atoms with Crippen LogP contribution in [0.4, 0.5) is 5.82 Å². The third-order valence-electron chi connectivity index (χ3n) is 4.11. The lowest BCUT2D eigenvalue weighted by molar-refractivity contribution is -0.389. The highest BCUT2D eigenvalue weighted by atomic mass is 16.6. The largest absolute Gasteiger partial charge is 0.485 e. The summed E-state index contributed by atoms with van der Waals surface area (Å²) in [6, 6.07) is 12.3. The van der Waals surface area contributed by atoms with E-state index in [0.717, 1.165) is 11.3 Å². The molecule has 2 aromatic heterocycles. The summed E-state index contributed by atoms with van der Waals surface area (Å²) in [7, 11) is 0. The van der Waals surface area contributed by atoms with Crippen LogP contribution in [0, 0.1) is 24.0 Å². The molecule has 0 aliphatic carbocycles. The zero-order valence-corrected chi connectivity index (χ0v) is 15.5. The second-order valence-corrected chi connectivity index (χ2v) is 6.20. The SMILES string of the molecule is Cc1ccccc1OCc1ccc(C(=O)NCCn2nc([N+](=O)[O-])cc2C)o1. The van der Waals surface area contributed by atoms with E-state index in [0.29, 0.717) is 18.0 Å². The van der Waals surface area contributed by atoms with Gasteiger partial charge in [0.1, 0.15) is 18.1 Å². The van der Waals surface area contributed by atoms with Gasteiger partial charge in [0.15, 0.2) is 5.76 Å². The molecule has 146 valence electrons. The maximum atomic E-state index is 12.2. The van der Waals surface area contributed by atoms with Crippen molar-refractivity contribution in [3.63, 3.8) is 0 Å². The fraction of sp³-hybridized carbons (Fsp3) is 0.263. The molecule has 0 fully saturated rings. The maximum Gasteiger partial charge on any atom is 0.390 e. The molecule has 0 saturated heterocycles. The van der Waals surface area contributed by atoms with Gasteiger partial charge in [0.05, 0.1) is 23.4 Å². The summed E-state index contributed by atoms with van der Waals surface area (Å²) in [6.07, 6.45) is 0. The Balaban J connectivity index is 1.50. The van der Waals surface area contributed by atoms with Crippen LogP contribution in [0.15, 0.2) is 46.9 Å². The second kappa shape index (κ2) is 8.38. The fourth-order valence-electron chi connectivity index (χ4n) is 2.62. The molecule has 0 atom stereocenters. The molecule has 0 aliphatic heterocycles. The van der Waals surface area contributed by atoms with E-state index >= 15 is 0 Å². The van der Waals surface area contributed by atoms with Crippen LogP contribution in [-0.2, 0) is 13.2 Å². The lowest BCUT2D eigenvalue weighted by atomic mass is 10.2. The average molecular weight is 384 g/mol. The number of nitro groups is 1. The first-order chi connectivity index (χ1) is 13.4. The molecule has 9 nitrogen and oxygen atoms in total. The summed E-state index contributed by atoms with van der Waals surface area (Å²) < 4.78 is 12.7. The number of carbonyl (C=O) groups is 1. The molecule has 0 bridgehead atoms. The summed E-state index contributed by atoms with van der Waals surface area (Å²) >= 11 is 0. The summed E-state index contributed by atoms with van der Waals surface area (Å²) in [4.78, 5) is 22.4. The van der Waals surface area contributed by atoms with Gasteiger partial charge >= 0.3 is 5.82 Å². The minimum Gasteiger partial charge on any atom is -0.485 e. The van der Waals surface area contributed by atoms with Gasteiger partial charge in [-0.25, -0.2) is 0 Å². The number of carbonyl (C=O) groups excluding carboxylic acids is 1. The number of nitrogens with one attached hydrogen (secondary N) is 1. The molecule has 0 spiro atoms. The number of rotatable bonds is 8. The molecular weight excluding hydrogens is 364 g/mol. The number of para-hydroxylation sites is 1. The Morgan fingerprint density at radius 2 is 2.07 bits per heavy atom. The lowest BCUT2D eigenvalue weighted by Gasteiger charge is -2.07. The first-order valence-corrected chi connectivity index (χ1v) is 8.68. The smallest absolute Gasteiger partial charge is 0.390 e. The van der Waals surface area contributed by atoms with Crippen molar-refractivity contribution in [3.05, 3.63) is 75.4 Å². The van der Waals surface area contributed by atoms with Crippen molar-refractivity contribution in [1.29, 1.82) is 0 Å². The van der Waals surface area contributed by atoms with Gasteiger partial charge in [-0.15, -0.1) is 0 Å². The third-order valence-corrected chi connectivity index (χ3v) is 4.11. The average Bonchev–Trinajstić information content (AvgIpc) is 3.28. The molecule has 0 saturated carbocycles. The molecule has 1 N–H and O–H groups in total. The Bertz CT molecular complexity index is 992. The van der Waals surface area contributed by atoms with Gasteiger partial charge in [0, 0.05) is 6.54 Å². The van der Waals surface area contributed by atoms with E-state index < -0.39 is 4.92 Å². The monoisotopic (exact) mass is 384 g/mol. The van der Waals surface area contributed by atoms with Gasteiger partial charge in [-0.3, -0.25) is 4.79 Å². The van der Waals surface area contributed by atoms with Gasteiger partial charge in [0.2, 0.25) is 0 Å². The third kappa shape index (κ3) is 4.56. The van der Waals surface area contributed by atoms with Crippen LogP contribution in [0.2, 0.25) is 0 Å². The predicted octanol–water partition coefficient (Wildman–Crippen LogP) is 3.01. The lowest BCUT2D eigenvalue weighted by Crippen LogP contribution is -2.27. The van der Waals surface area contributed by atoms with Crippen molar-refractivity contribution in [2.24, 2.45) is 0 Å². The van der Waals surface area contributed by atoms with Crippen molar-refractivity contribution in [1.82, 2.24) is 15.1 Å². The van der Waals surface area contributed by atoms with E-state index in [9.17, 15) is 14.9 Å². The summed E-state index contributed by atoms with van der Waals surface area (Å²) in [6.45, 7) is 4.46. The summed E-state index contributed by atoms with van der Waals surface area (Å²) in [5, 5.41) is 17.3. The Morgan fingerprint density at radius 1 is 1.29 bits per heavy atom. The zero-order valence-electron chi connectivity index (χ0n) is 15.5. The number of ether oxygens (including phenoxy) is 1. The van der Waals surface area contributed by atoms with E-state index in [1.807, 2.05) is 31.2 Å². The molecule has 28 heavy (non-hydrogen) atoms. The highest BCUT2D eigenvalue weighted by Crippen LogP contribution is 2.18. The van der Waals surface area contributed by atoms with Crippen molar-refractivity contribution in [2.45, 2.75) is 27.0 Å². The van der Waals surface area contributed by atoms with Gasteiger partial charge in [0.25, 0.3) is 5.91 Å². The van der Waals surface area contributed by atoms with Gasteiger partial charge < -0.3 is 24.6 Å². The Kier molecular flexibility index (Phi) is 5.73. The fourth-order valence-corrected chi connectivity index (χ4v) is 2.62. The first-order valence-electron chi connectivity index (χ1n) is 8.68. The number of nitrogens with zero attached hydrogens (tertiary/aromatic N) is 3. The number of aromatic nitrogens is 2. The highest BCUT2D eigenvalue weighted by molar-refractivity contribution is 5.91. The van der Waals surface area contributed by atoms with Crippen LogP contribution in [0.3, 0.4) is 0 Å². The molecular formula is C19H20N4O5. The van der Waals surface area contributed by atoms with Crippen LogP contribution in [0.25, 0.3) is 0 Å². The zero-order chi connectivity index (χ0) is 20.1. The van der Waals surface area contributed by atoms with E-state index in [4.69, 9.17) is 9.15 Å². The molecule has 3 rings (SSSR count). The molecule has 1 aromatic carbocycles. The minimum absolute atomic E-state index is 0.173. The molecule has 3 aromatic rings. The normalized spacial score (nSPS) is 10.6. The van der Waals surface area contributed by atoms with E-state index in [1.165, 1.54) is 10.7 Å². The van der Waals surface area contributed by atoms with Crippen LogP contribution < -0.4 is 10.1 Å². The number of amides is 1. The van der Waals surface area contributed by atoms with Crippen molar-refractivity contribution in [2.75, 3.05) is 6.54 Å². The van der Waals surface area contributed by atoms with Crippen molar-refractivity contribution >= 4 is 11.7 Å². The molecule has 2 heterocycles. The standard InChI is InChI=1S/C19H20N4O5/c1-13-5-3-4-6-16(13)27-12-15-7-8-17(28-15)19(24)20-9-10-22-14(2)11-18(21-22)23(25)26/h3-8,11H,9-10,12H2,1-2H3,(H,20,24). The summed E-state index contributed by atoms with van der Waals surface area (Å²) in [5.74, 6) is 0.877. The molecule has 0 aliphatic rings. The minimum atomic E-state index is -0.550. The van der Waals surface area contributed by atoms with Crippen molar-refractivity contribution in [3.8, 4) is 5.75 Å². The van der Waals surface area contributed by atoms with Gasteiger partial charge in [-0.2, -0.15) is 4.68 Å². The number of aryl methyl sites for hydroxylation is 2. The first kappa shape index (κ1) is 19.2. The van der Waals surface area contributed by atoms with Crippen LogP contribution >= 0.6 is 0 Å². The Morgan fingerprint density at radius 3 is 2.79 bits per heavy atom. The maximum absolute atomic E-state index is 12.2. The number of furan rings is 1.